The molecule has 0 saturated carbocycles. The molecule has 1 rings (SSSR count). The highest BCUT2D eigenvalue weighted by molar-refractivity contribution is 5.18. The zero-order valence-electron chi connectivity index (χ0n) is 9.45. The summed E-state index contributed by atoms with van der Waals surface area (Å²) in [7, 11) is 0. The van der Waals surface area contributed by atoms with Gasteiger partial charge in [0, 0.05) is 17.8 Å². The van der Waals surface area contributed by atoms with Crippen molar-refractivity contribution in [3.63, 3.8) is 0 Å². The number of rotatable bonds is 5. The van der Waals surface area contributed by atoms with Gasteiger partial charge in [0.15, 0.2) is 0 Å². The minimum Gasteiger partial charge on any atom is -0.326 e. The van der Waals surface area contributed by atoms with Crippen LogP contribution in [0.15, 0.2) is 6.20 Å². The van der Waals surface area contributed by atoms with Crippen LogP contribution < -0.4 is 5.73 Å². The van der Waals surface area contributed by atoms with Crippen LogP contribution in [0, 0.1) is 0 Å². The Bertz CT molecular complexity index is 274. The van der Waals surface area contributed by atoms with Gasteiger partial charge in [-0.15, -0.1) is 0 Å². The predicted octanol–water partition coefficient (Wildman–Crippen LogP) is 2.27. The standard InChI is InChI=1S/C11H21N3/c1-4-10(5-2)14-11(6-3)9(7-12)8-13-14/h8,10H,4-7,12H2,1-3H3. The Morgan fingerprint density at radius 2 is 2.00 bits per heavy atom. The molecular weight excluding hydrogens is 174 g/mol. The van der Waals surface area contributed by atoms with E-state index in [2.05, 4.69) is 30.6 Å². The van der Waals surface area contributed by atoms with E-state index in [1.54, 1.807) is 0 Å². The fourth-order valence-electron chi connectivity index (χ4n) is 1.93. The minimum atomic E-state index is 0.533. The lowest BCUT2D eigenvalue weighted by molar-refractivity contribution is 0.415. The van der Waals surface area contributed by atoms with E-state index in [4.69, 9.17) is 5.73 Å². The average molecular weight is 195 g/mol. The number of nitrogens with zero attached hydrogens (tertiary/aromatic N) is 2. The van der Waals surface area contributed by atoms with Gasteiger partial charge in [-0.3, -0.25) is 4.68 Å². The number of nitrogens with two attached hydrogens (primary N) is 1. The molecule has 1 heterocycles. The van der Waals surface area contributed by atoms with Crippen molar-refractivity contribution in [2.75, 3.05) is 0 Å². The molecule has 3 nitrogen and oxygen atoms in total. The zero-order valence-corrected chi connectivity index (χ0v) is 9.45. The van der Waals surface area contributed by atoms with Crippen molar-refractivity contribution in [3.05, 3.63) is 17.5 Å². The minimum absolute atomic E-state index is 0.533. The normalized spacial score (nSPS) is 11.2. The number of hydrogen-bond donors (Lipinski definition) is 1. The first-order valence-electron chi connectivity index (χ1n) is 5.53. The first-order valence-corrected chi connectivity index (χ1v) is 5.53. The highest BCUT2D eigenvalue weighted by Crippen LogP contribution is 2.19. The van der Waals surface area contributed by atoms with Crippen LogP contribution >= 0.6 is 0 Å². The van der Waals surface area contributed by atoms with Crippen LogP contribution in [-0.2, 0) is 13.0 Å². The molecule has 1 aromatic rings. The summed E-state index contributed by atoms with van der Waals surface area (Å²) in [4.78, 5) is 0. The van der Waals surface area contributed by atoms with Crippen LogP contribution in [0.2, 0.25) is 0 Å². The molecular formula is C11H21N3. The molecule has 3 heteroatoms. The fraction of sp³-hybridized carbons (Fsp3) is 0.727. The van der Waals surface area contributed by atoms with E-state index in [1.165, 1.54) is 11.3 Å². The van der Waals surface area contributed by atoms with Crippen LogP contribution in [0.25, 0.3) is 0 Å². The fourth-order valence-corrected chi connectivity index (χ4v) is 1.93. The molecule has 0 bridgehead atoms. The Morgan fingerprint density at radius 3 is 2.43 bits per heavy atom. The second-order valence-electron chi connectivity index (χ2n) is 3.59. The topological polar surface area (TPSA) is 43.8 Å². The van der Waals surface area contributed by atoms with Crippen LogP contribution in [0.1, 0.15) is 50.9 Å². The second-order valence-corrected chi connectivity index (χ2v) is 3.59. The van der Waals surface area contributed by atoms with E-state index in [0.717, 1.165) is 19.3 Å². The van der Waals surface area contributed by atoms with Gasteiger partial charge in [-0.25, -0.2) is 0 Å². The maximum Gasteiger partial charge on any atom is 0.0537 e. The molecule has 0 spiro atoms. The summed E-state index contributed by atoms with van der Waals surface area (Å²) in [6.07, 6.45) is 5.20. The first kappa shape index (κ1) is 11.2. The van der Waals surface area contributed by atoms with Crippen molar-refractivity contribution < 1.29 is 0 Å². The van der Waals surface area contributed by atoms with Crippen LogP contribution in [0.4, 0.5) is 0 Å². The maximum absolute atomic E-state index is 5.67. The lowest BCUT2D eigenvalue weighted by Crippen LogP contribution is -2.13. The summed E-state index contributed by atoms with van der Waals surface area (Å²) < 4.78 is 2.15. The smallest absolute Gasteiger partial charge is 0.0537 e. The SMILES string of the molecule is CCc1c(CN)cnn1C(CC)CC. The van der Waals surface area contributed by atoms with Gasteiger partial charge in [0.05, 0.1) is 12.2 Å². The molecule has 0 unspecified atom stereocenters. The van der Waals surface area contributed by atoms with E-state index in [9.17, 15) is 0 Å². The van der Waals surface area contributed by atoms with Crippen molar-refractivity contribution in [3.8, 4) is 0 Å². The third kappa shape index (κ3) is 1.98. The van der Waals surface area contributed by atoms with Gasteiger partial charge in [-0.1, -0.05) is 20.8 Å². The van der Waals surface area contributed by atoms with E-state index in [0.29, 0.717) is 12.6 Å². The number of hydrogen-bond acceptors (Lipinski definition) is 2. The van der Waals surface area contributed by atoms with Crippen molar-refractivity contribution >= 4 is 0 Å². The highest BCUT2D eigenvalue weighted by atomic mass is 15.3. The zero-order chi connectivity index (χ0) is 10.6. The predicted molar refractivity (Wildman–Crippen MR) is 59.1 cm³/mol. The maximum atomic E-state index is 5.67. The molecule has 0 atom stereocenters. The molecule has 0 aromatic carbocycles. The van der Waals surface area contributed by atoms with Gasteiger partial charge >= 0.3 is 0 Å². The Hall–Kier alpha value is -0.830. The molecule has 2 N–H and O–H groups in total. The molecule has 1 aromatic heterocycles. The van der Waals surface area contributed by atoms with Gasteiger partial charge in [-0.2, -0.15) is 5.10 Å². The molecule has 0 aliphatic rings. The van der Waals surface area contributed by atoms with E-state index >= 15 is 0 Å². The van der Waals surface area contributed by atoms with Crippen LogP contribution in [0.3, 0.4) is 0 Å². The summed E-state index contributed by atoms with van der Waals surface area (Å²) in [6.45, 7) is 7.17. The lowest BCUT2D eigenvalue weighted by Gasteiger charge is -2.16. The Kier molecular flexibility index (Phi) is 4.14. The molecule has 0 aliphatic heterocycles. The van der Waals surface area contributed by atoms with Gasteiger partial charge in [0.25, 0.3) is 0 Å². The van der Waals surface area contributed by atoms with Crippen molar-refractivity contribution in [2.45, 2.75) is 52.6 Å². The third-order valence-electron chi connectivity index (χ3n) is 2.83. The van der Waals surface area contributed by atoms with Crippen molar-refractivity contribution in [1.82, 2.24) is 9.78 Å². The lowest BCUT2D eigenvalue weighted by atomic mass is 10.1. The van der Waals surface area contributed by atoms with Gasteiger partial charge in [0.2, 0.25) is 0 Å². The Morgan fingerprint density at radius 1 is 1.36 bits per heavy atom. The van der Waals surface area contributed by atoms with Gasteiger partial charge in [0.1, 0.15) is 0 Å². The Labute approximate surface area is 86.3 Å². The van der Waals surface area contributed by atoms with Gasteiger partial charge < -0.3 is 5.73 Å². The Balaban J connectivity index is 3.01. The van der Waals surface area contributed by atoms with Crippen molar-refractivity contribution in [2.24, 2.45) is 5.73 Å². The average Bonchev–Trinajstić information content (AvgIpc) is 2.62. The summed E-state index contributed by atoms with van der Waals surface area (Å²) in [5, 5.41) is 4.44. The molecule has 14 heavy (non-hydrogen) atoms. The second kappa shape index (κ2) is 5.15. The molecule has 0 amide bonds. The van der Waals surface area contributed by atoms with Crippen molar-refractivity contribution in [1.29, 1.82) is 0 Å². The molecule has 80 valence electrons. The molecule has 0 radical (unpaired) electrons. The van der Waals surface area contributed by atoms with Crippen LogP contribution in [-0.4, -0.2) is 9.78 Å². The largest absolute Gasteiger partial charge is 0.326 e. The summed E-state index contributed by atoms with van der Waals surface area (Å²) in [5.74, 6) is 0. The molecule has 0 aliphatic carbocycles. The van der Waals surface area contributed by atoms with Gasteiger partial charge in [-0.05, 0) is 19.3 Å². The first-order chi connectivity index (χ1) is 6.78. The number of aromatic nitrogens is 2. The monoisotopic (exact) mass is 195 g/mol. The van der Waals surface area contributed by atoms with E-state index in [1.807, 2.05) is 6.20 Å². The van der Waals surface area contributed by atoms with E-state index < -0.39 is 0 Å². The van der Waals surface area contributed by atoms with E-state index in [-0.39, 0.29) is 0 Å². The summed E-state index contributed by atoms with van der Waals surface area (Å²) in [6, 6.07) is 0.533. The van der Waals surface area contributed by atoms with Crippen LogP contribution in [0.5, 0.6) is 0 Å². The third-order valence-corrected chi connectivity index (χ3v) is 2.83. The molecule has 0 fully saturated rings. The quantitative estimate of drug-likeness (QED) is 0.783. The summed E-state index contributed by atoms with van der Waals surface area (Å²) in [5.41, 5.74) is 8.17. The molecule has 0 saturated heterocycles. The summed E-state index contributed by atoms with van der Waals surface area (Å²) >= 11 is 0. The highest BCUT2D eigenvalue weighted by Gasteiger charge is 2.13.